The molecule has 4 rings (SSSR count). The number of halogens is 3. The van der Waals surface area contributed by atoms with Gasteiger partial charge in [-0.3, -0.25) is 0 Å². The van der Waals surface area contributed by atoms with E-state index in [4.69, 9.17) is 34.8 Å². The molecule has 0 fully saturated rings. The number of aromatic amines is 1. The summed E-state index contributed by atoms with van der Waals surface area (Å²) in [5.41, 5.74) is 3.86. The Morgan fingerprint density at radius 2 is 1.49 bits per heavy atom. The molecule has 0 aliphatic rings. The van der Waals surface area contributed by atoms with Crippen LogP contribution in [0, 0.1) is 13.8 Å². The highest BCUT2D eigenvalue weighted by molar-refractivity contribution is 6.34. The van der Waals surface area contributed by atoms with Crippen molar-refractivity contribution in [3.05, 3.63) is 99.0 Å². The first-order valence-corrected chi connectivity index (χ1v) is 11.2. The average molecular weight is 538 g/mol. The van der Waals surface area contributed by atoms with Crippen LogP contribution in [0.3, 0.4) is 0 Å². The van der Waals surface area contributed by atoms with E-state index in [-0.39, 0.29) is 11.9 Å². The predicted molar refractivity (Wildman–Crippen MR) is 136 cm³/mol. The van der Waals surface area contributed by atoms with Gasteiger partial charge in [-0.1, -0.05) is 34.8 Å². The molecule has 4 aromatic heterocycles. The second-order valence-electron chi connectivity index (χ2n) is 6.94. The van der Waals surface area contributed by atoms with Crippen molar-refractivity contribution in [2.45, 2.75) is 13.8 Å². The second-order valence-corrected chi connectivity index (χ2v) is 8.12. The molecule has 35 heavy (non-hydrogen) atoms. The molecule has 0 saturated carbocycles. The maximum Gasteiger partial charge on any atom is 0.339 e. The maximum absolute atomic E-state index is 11.3. The summed E-state index contributed by atoms with van der Waals surface area (Å²) in [6.07, 6.45) is 10.1. The van der Waals surface area contributed by atoms with Gasteiger partial charge in [-0.15, -0.1) is 0 Å². The SMILES string of the molecule is COC(=O)c1cc[nH]c1.COC(=O)c1ccn(-c2cc(Cl)ncc2C)c1.Cc1cnc(Cl)cc1Cl. The summed E-state index contributed by atoms with van der Waals surface area (Å²) in [7, 11) is 2.71. The number of hydrogen-bond donors (Lipinski definition) is 1. The first kappa shape index (κ1) is 27.9. The molecule has 4 heterocycles. The van der Waals surface area contributed by atoms with Crippen molar-refractivity contribution in [1.82, 2.24) is 19.5 Å². The normalized spacial score (nSPS) is 9.80. The lowest BCUT2D eigenvalue weighted by Gasteiger charge is -2.06. The van der Waals surface area contributed by atoms with Gasteiger partial charge in [0.15, 0.2) is 0 Å². The molecule has 0 unspecified atom stereocenters. The molecule has 0 aliphatic heterocycles. The minimum Gasteiger partial charge on any atom is -0.465 e. The second kappa shape index (κ2) is 13.5. The van der Waals surface area contributed by atoms with Crippen LogP contribution >= 0.6 is 34.8 Å². The number of carbonyl (C=O) groups is 2. The predicted octanol–water partition coefficient (Wildman–Crippen LogP) is 6.12. The van der Waals surface area contributed by atoms with Crippen LogP contribution in [0.1, 0.15) is 31.8 Å². The van der Waals surface area contributed by atoms with E-state index in [1.54, 1.807) is 61.4 Å². The Bertz CT molecular complexity index is 1270. The van der Waals surface area contributed by atoms with Gasteiger partial charge in [-0.2, -0.15) is 0 Å². The fraction of sp³-hybridized carbons (Fsp3) is 0.167. The number of methoxy groups -OCH3 is 2. The zero-order valence-corrected chi connectivity index (χ0v) is 21.6. The minimum absolute atomic E-state index is 0.309. The molecule has 4 aromatic rings. The van der Waals surface area contributed by atoms with E-state index < -0.39 is 0 Å². The molecule has 0 aromatic carbocycles. The van der Waals surface area contributed by atoms with Gasteiger partial charge < -0.3 is 19.0 Å². The summed E-state index contributed by atoms with van der Waals surface area (Å²) in [4.78, 5) is 32.5. The van der Waals surface area contributed by atoms with E-state index in [9.17, 15) is 9.59 Å². The summed E-state index contributed by atoms with van der Waals surface area (Å²) >= 11 is 17.1. The number of pyridine rings is 2. The fourth-order valence-electron chi connectivity index (χ4n) is 2.60. The Morgan fingerprint density at radius 1 is 0.886 bits per heavy atom. The highest BCUT2D eigenvalue weighted by Gasteiger charge is 2.09. The Morgan fingerprint density at radius 3 is 2.03 bits per heavy atom. The van der Waals surface area contributed by atoms with Crippen LogP contribution in [0.15, 0.2) is 61.4 Å². The smallest absolute Gasteiger partial charge is 0.339 e. The molecule has 0 saturated heterocycles. The van der Waals surface area contributed by atoms with Crippen molar-refractivity contribution in [3.8, 4) is 5.69 Å². The molecule has 0 radical (unpaired) electrons. The molecule has 8 nitrogen and oxygen atoms in total. The van der Waals surface area contributed by atoms with Crippen molar-refractivity contribution >= 4 is 46.7 Å². The fourth-order valence-corrected chi connectivity index (χ4v) is 3.11. The van der Waals surface area contributed by atoms with Gasteiger partial charge in [0, 0.05) is 42.2 Å². The summed E-state index contributed by atoms with van der Waals surface area (Å²) in [5, 5.41) is 1.51. The van der Waals surface area contributed by atoms with Crippen molar-refractivity contribution in [2.24, 2.45) is 0 Å². The van der Waals surface area contributed by atoms with E-state index in [2.05, 4.69) is 24.4 Å². The van der Waals surface area contributed by atoms with E-state index >= 15 is 0 Å². The van der Waals surface area contributed by atoms with Crippen LogP contribution in [0.5, 0.6) is 0 Å². The molecule has 0 amide bonds. The van der Waals surface area contributed by atoms with Gasteiger partial charge in [0.1, 0.15) is 10.3 Å². The van der Waals surface area contributed by atoms with Crippen LogP contribution < -0.4 is 0 Å². The molecule has 0 spiro atoms. The van der Waals surface area contributed by atoms with Crippen molar-refractivity contribution in [2.75, 3.05) is 14.2 Å². The molecule has 0 bridgehead atoms. The van der Waals surface area contributed by atoms with E-state index in [0.29, 0.717) is 26.5 Å². The molecule has 11 heteroatoms. The average Bonchev–Trinajstić information content (AvgIpc) is 3.56. The molecule has 184 valence electrons. The summed E-state index contributed by atoms with van der Waals surface area (Å²) in [6, 6.07) is 6.72. The number of hydrogen-bond acceptors (Lipinski definition) is 6. The number of aryl methyl sites for hydroxylation is 2. The number of esters is 2. The van der Waals surface area contributed by atoms with Gasteiger partial charge >= 0.3 is 11.9 Å². The van der Waals surface area contributed by atoms with Crippen molar-refractivity contribution in [1.29, 1.82) is 0 Å². The largest absolute Gasteiger partial charge is 0.465 e. The molecule has 1 N–H and O–H groups in total. The number of aromatic nitrogens is 4. The summed E-state index contributed by atoms with van der Waals surface area (Å²) < 4.78 is 10.9. The maximum atomic E-state index is 11.3. The highest BCUT2D eigenvalue weighted by Crippen LogP contribution is 2.19. The first-order chi connectivity index (χ1) is 16.7. The number of H-pyrrole nitrogens is 1. The number of carbonyl (C=O) groups excluding carboxylic acids is 2. The molecule has 0 atom stereocenters. The topological polar surface area (TPSA) is 99.1 Å². The number of ether oxygens (including phenoxy) is 2. The van der Waals surface area contributed by atoms with Crippen LogP contribution in [0.2, 0.25) is 15.3 Å². The lowest BCUT2D eigenvalue weighted by atomic mass is 10.2. The van der Waals surface area contributed by atoms with Gasteiger partial charge in [0.25, 0.3) is 0 Å². The number of nitrogens with one attached hydrogen (secondary N) is 1. The Hall–Kier alpha value is -3.33. The quantitative estimate of drug-likeness (QED) is 0.250. The Kier molecular flexibility index (Phi) is 10.8. The molecular formula is C24H23Cl3N4O4. The lowest BCUT2D eigenvalue weighted by molar-refractivity contribution is 0.0592. The lowest BCUT2D eigenvalue weighted by Crippen LogP contribution is -2.00. The van der Waals surface area contributed by atoms with Crippen LogP contribution in [-0.2, 0) is 9.47 Å². The van der Waals surface area contributed by atoms with Crippen molar-refractivity contribution < 1.29 is 19.1 Å². The van der Waals surface area contributed by atoms with E-state index in [1.165, 1.54) is 14.2 Å². The monoisotopic (exact) mass is 536 g/mol. The van der Waals surface area contributed by atoms with Crippen LogP contribution in [0.4, 0.5) is 0 Å². The highest BCUT2D eigenvalue weighted by atomic mass is 35.5. The summed E-state index contributed by atoms with van der Waals surface area (Å²) in [6.45, 7) is 3.81. The number of nitrogens with zero attached hydrogens (tertiary/aromatic N) is 3. The third-order valence-corrected chi connectivity index (χ3v) is 5.28. The third-order valence-electron chi connectivity index (χ3n) is 4.46. The minimum atomic E-state index is -0.360. The Labute approximate surface area is 217 Å². The van der Waals surface area contributed by atoms with Crippen molar-refractivity contribution in [3.63, 3.8) is 0 Å². The summed E-state index contributed by atoms with van der Waals surface area (Å²) in [5.74, 6) is -0.669. The third kappa shape index (κ3) is 8.43. The zero-order valence-electron chi connectivity index (χ0n) is 19.4. The first-order valence-electron chi connectivity index (χ1n) is 10.0. The van der Waals surface area contributed by atoms with Gasteiger partial charge in [0.05, 0.1) is 31.0 Å². The molecule has 0 aliphatic carbocycles. The zero-order chi connectivity index (χ0) is 26.0. The van der Waals surface area contributed by atoms with E-state index in [0.717, 1.165) is 16.8 Å². The van der Waals surface area contributed by atoms with Gasteiger partial charge in [-0.05, 0) is 49.2 Å². The standard InChI is InChI=1S/C12H11ClN2O2.C6H5Cl2N.C6H7NO2/c1-8-6-14-11(13)5-10(8)15-4-3-9(7-15)12(16)17-2;1-4-3-9-6(8)2-5(4)7;1-9-6(8)5-2-3-7-4-5/h3-7H,1-2H3;2-3H,1H3;2-4,7H,1H3. The molecular weight excluding hydrogens is 515 g/mol. The van der Waals surface area contributed by atoms with E-state index in [1.807, 2.05) is 18.4 Å². The van der Waals surface area contributed by atoms with Gasteiger partial charge in [-0.25, -0.2) is 19.6 Å². The van der Waals surface area contributed by atoms with Crippen LogP contribution in [0.25, 0.3) is 5.69 Å². The van der Waals surface area contributed by atoms with Crippen LogP contribution in [-0.4, -0.2) is 45.7 Å². The van der Waals surface area contributed by atoms with Gasteiger partial charge in [0.2, 0.25) is 0 Å². The Balaban J connectivity index is 0.000000203. The number of rotatable bonds is 3.